The highest BCUT2D eigenvalue weighted by atomic mass is 16.3. The van der Waals surface area contributed by atoms with Crippen LogP contribution in [0.25, 0.3) is 0 Å². The van der Waals surface area contributed by atoms with Gasteiger partial charge in [-0.3, -0.25) is 0 Å². The standard InChI is InChI=1S/C13H28O2/c1-5-6-7-8-9-13(4,10-14)12(15)11(2)3/h11-12,14-15H,5-10H2,1-4H3. The second-order valence-electron chi connectivity index (χ2n) is 5.31. The largest absolute Gasteiger partial charge is 0.396 e. The molecule has 2 N–H and O–H groups in total. The maximum Gasteiger partial charge on any atom is 0.0638 e. The quantitative estimate of drug-likeness (QED) is 0.612. The van der Waals surface area contributed by atoms with Crippen LogP contribution in [0.2, 0.25) is 0 Å². The number of aliphatic hydroxyl groups is 2. The van der Waals surface area contributed by atoms with E-state index >= 15 is 0 Å². The lowest BCUT2D eigenvalue weighted by molar-refractivity contribution is -0.0385. The summed E-state index contributed by atoms with van der Waals surface area (Å²) in [5.74, 6) is 0.216. The maximum absolute atomic E-state index is 10.0. The SMILES string of the molecule is CCCCCCC(C)(CO)C(O)C(C)C. The number of hydrogen-bond donors (Lipinski definition) is 2. The highest BCUT2D eigenvalue weighted by Gasteiger charge is 2.33. The summed E-state index contributed by atoms with van der Waals surface area (Å²) in [6.07, 6.45) is 5.31. The van der Waals surface area contributed by atoms with Crippen LogP contribution in [-0.4, -0.2) is 22.9 Å². The lowest BCUT2D eigenvalue weighted by Gasteiger charge is -2.35. The zero-order chi connectivity index (χ0) is 11.9. The summed E-state index contributed by atoms with van der Waals surface area (Å²) in [6.45, 7) is 8.27. The summed E-state index contributed by atoms with van der Waals surface area (Å²) in [4.78, 5) is 0. The van der Waals surface area contributed by atoms with Gasteiger partial charge in [-0.2, -0.15) is 0 Å². The lowest BCUT2D eigenvalue weighted by atomic mass is 9.76. The predicted octanol–water partition coefficient (Wildman–Crippen LogP) is 2.97. The Labute approximate surface area is 94.7 Å². The van der Waals surface area contributed by atoms with E-state index in [0.29, 0.717) is 0 Å². The van der Waals surface area contributed by atoms with E-state index in [9.17, 15) is 10.2 Å². The van der Waals surface area contributed by atoms with E-state index in [0.717, 1.165) is 12.8 Å². The monoisotopic (exact) mass is 216 g/mol. The number of hydrogen-bond acceptors (Lipinski definition) is 2. The van der Waals surface area contributed by atoms with Crippen molar-refractivity contribution in [2.45, 2.75) is 65.9 Å². The molecule has 15 heavy (non-hydrogen) atoms. The normalized spacial score (nSPS) is 17.8. The van der Waals surface area contributed by atoms with Crippen LogP contribution >= 0.6 is 0 Å². The smallest absolute Gasteiger partial charge is 0.0638 e. The van der Waals surface area contributed by atoms with Gasteiger partial charge in [0.05, 0.1) is 12.7 Å². The number of rotatable bonds is 8. The van der Waals surface area contributed by atoms with Crippen LogP contribution in [0.5, 0.6) is 0 Å². The van der Waals surface area contributed by atoms with E-state index in [1.807, 2.05) is 20.8 Å². The zero-order valence-electron chi connectivity index (χ0n) is 10.8. The van der Waals surface area contributed by atoms with Crippen LogP contribution < -0.4 is 0 Å². The van der Waals surface area contributed by atoms with Gasteiger partial charge in [-0.05, 0) is 12.3 Å². The topological polar surface area (TPSA) is 40.5 Å². The van der Waals surface area contributed by atoms with E-state index in [1.165, 1.54) is 19.3 Å². The van der Waals surface area contributed by atoms with Crippen molar-refractivity contribution < 1.29 is 10.2 Å². The average Bonchev–Trinajstić information content (AvgIpc) is 2.23. The van der Waals surface area contributed by atoms with Crippen molar-refractivity contribution in [3.63, 3.8) is 0 Å². The molecule has 0 radical (unpaired) electrons. The molecule has 0 spiro atoms. The van der Waals surface area contributed by atoms with E-state index in [4.69, 9.17) is 0 Å². The first-order chi connectivity index (χ1) is 6.98. The van der Waals surface area contributed by atoms with Crippen LogP contribution in [-0.2, 0) is 0 Å². The molecule has 2 heteroatoms. The van der Waals surface area contributed by atoms with Crippen molar-refractivity contribution >= 4 is 0 Å². The van der Waals surface area contributed by atoms with Gasteiger partial charge in [-0.25, -0.2) is 0 Å². The Morgan fingerprint density at radius 3 is 2.13 bits per heavy atom. The summed E-state index contributed by atoms with van der Waals surface area (Å²) in [6, 6.07) is 0. The molecule has 0 saturated heterocycles. The molecule has 2 atom stereocenters. The van der Waals surface area contributed by atoms with E-state index < -0.39 is 6.10 Å². The van der Waals surface area contributed by atoms with Gasteiger partial charge in [0.15, 0.2) is 0 Å². The second kappa shape index (κ2) is 7.24. The molecule has 0 aliphatic heterocycles. The molecule has 0 saturated carbocycles. The van der Waals surface area contributed by atoms with Crippen LogP contribution in [0.4, 0.5) is 0 Å². The minimum Gasteiger partial charge on any atom is -0.396 e. The molecular weight excluding hydrogens is 188 g/mol. The molecule has 0 aliphatic rings. The highest BCUT2D eigenvalue weighted by molar-refractivity contribution is 4.83. The van der Waals surface area contributed by atoms with E-state index in [-0.39, 0.29) is 17.9 Å². The van der Waals surface area contributed by atoms with Gasteiger partial charge >= 0.3 is 0 Å². The zero-order valence-corrected chi connectivity index (χ0v) is 10.8. The van der Waals surface area contributed by atoms with Gasteiger partial charge in [0.1, 0.15) is 0 Å². The van der Waals surface area contributed by atoms with Crippen molar-refractivity contribution in [1.82, 2.24) is 0 Å². The predicted molar refractivity (Wildman–Crippen MR) is 64.8 cm³/mol. The molecule has 0 rings (SSSR count). The minimum absolute atomic E-state index is 0.0818. The third-order valence-corrected chi connectivity index (χ3v) is 3.31. The third kappa shape index (κ3) is 4.98. The Morgan fingerprint density at radius 2 is 1.73 bits per heavy atom. The lowest BCUT2D eigenvalue weighted by Crippen LogP contribution is -2.39. The second-order valence-corrected chi connectivity index (χ2v) is 5.31. The molecule has 0 aromatic carbocycles. The molecule has 92 valence electrons. The van der Waals surface area contributed by atoms with Gasteiger partial charge < -0.3 is 10.2 Å². The van der Waals surface area contributed by atoms with Crippen LogP contribution in [0, 0.1) is 11.3 Å². The Kier molecular flexibility index (Phi) is 7.20. The fourth-order valence-electron chi connectivity index (χ4n) is 2.08. The molecule has 0 aromatic rings. The summed E-state index contributed by atoms with van der Waals surface area (Å²) in [5.41, 5.74) is -0.318. The van der Waals surface area contributed by atoms with Crippen molar-refractivity contribution in [3.05, 3.63) is 0 Å². The number of unbranched alkanes of at least 4 members (excludes halogenated alkanes) is 3. The molecule has 0 aromatic heterocycles. The first kappa shape index (κ1) is 14.9. The summed E-state index contributed by atoms with van der Waals surface area (Å²) >= 11 is 0. The molecule has 2 nitrogen and oxygen atoms in total. The molecule has 0 aliphatic carbocycles. The van der Waals surface area contributed by atoms with E-state index in [1.54, 1.807) is 0 Å². The average molecular weight is 216 g/mol. The third-order valence-electron chi connectivity index (χ3n) is 3.31. The fraction of sp³-hybridized carbons (Fsp3) is 1.00. The van der Waals surface area contributed by atoms with Gasteiger partial charge in [0.2, 0.25) is 0 Å². The maximum atomic E-state index is 10.0. The summed E-state index contributed by atoms with van der Waals surface area (Å²) in [5, 5.41) is 19.4. The van der Waals surface area contributed by atoms with Gasteiger partial charge in [0.25, 0.3) is 0 Å². The van der Waals surface area contributed by atoms with Crippen molar-refractivity contribution in [2.75, 3.05) is 6.61 Å². The van der Waals surface area contributed by atoms with Gasteiger partial charge in [-0.1, -0.05) is 53.4 Å². The first-order valence-corrected chi connectivity index (χ1v) is 6.27. The van der Waals surface area contributed by atoms with Crippen LogP contribution in [0.1, 0.15) is 59.8 Å². The molecule has 0 heterocycles. The molecule has 0 amide bonds. The van der Waals surface area contributed by atoms with Crippen molar-refractivity contribution in [1.29, 1.82) is 0 Å². The van der Waals surface area contributed by atoms with Gasteiger partial charge in [0, 0.05) is 5.41 Å². The van der Waals surface area contributed by atoms with Crippen LogP contribution in [0.15, 0.2) is 0 Å². The Bertz CT molecular complexity index is 157. The first-order valence-electron chi connectivity index (χ1n) is 6.27. The molecule has 0 fully saturated rings. The number of aliphatic hydroxyl groups excluding tert-OH is 2. The van der Waals surface area contributed by atoms with Crippen LogP contribution in [0.3, 0.4) is 0 Å². The molecule has 2 unspecified atom stereocenters. The fourth-order valence-corrected chi connectivity index (χ4v) is 2.08. The molecule has 0 bridgehead atoms. The minimum atomic E-state index is -0.399. The van der Waals surface area contributed by atoms with Gasteiger partial charge in [-0.15, -0.1) is 0 Å². The van der Waals surface area contributed by atoms with E-state index in [2.05, 4.69) is 6.92 Å². The van der Waals surface area contributed by atoms with Crippen molar-refractivity contribution in [2.24, 2.45) is 11.3 Å². The Morgan fingerprint density at radius 1 is 1.13 bits per heavy atom. The Balaban J connectivity index is 4.06. The molecular formula is C13H28O2. The highest BCUT2D eigenvalue weighted by Crippen LogP contribution is 2.32. The van der Waals surface area contributed by atoms with Crippen molar-refractivity contribution in [3.8, 4) is 0 Å². The summed E-state index contributed by atoms with van der Waals surface area (Å²) < 4.78 is 0. The summed E-state index contributed by atoms with van der Waals surface area (Å²) in [7, 11) is 0. The Hall–Kier alpha value is -0.0800.